The molecule has 3 rings (SSSR count). The number of halogens is 1. The van der Waals surface area contributed by atoms with Gasteiger partial charge in [-0.2, -0.15) is 0 Å². The van der Waals surface area contributed by atoms with E-state index < -0.39 is 0 Å². The number of amides is 1. The van der Waals surface area contributed by atoms with Crippen molar-refractivity contribution in [2.24, 2.45) is 0 Å². The van der Waals surface area contributed by atoms with Crippen LogP contribution in [0.3, 0.4) is 0 Å². The SMILES string of the molecule is COc1ccc2[nH]cc(CCNC(=O)c3cccnc3)c2c1.Cl. The minimum atomic E-state index is -0.106. The second-order valence-electron chi connectivity index (χ2n) is 4.97. The van der Waals surface area contributed by atoms with Crippen molar-refractivity contribution < 1.29 is 9.53 Å². The number of carbonyl (C=O) groups excluding carboxylic acids is 1. The number of fused-ring (bicyclic) bond motifs is 1. The van der Waals surface area contributed by atoms with Crippen molar-refractivity contribution in [3.63, 3.8) is 0 Å². The van der Waals surface area contributed by atoms with Gasteiger partial charge in [0.25, 0.3) is 5.91 Å². The largest absolute Gasteiger partial charge is 0.497 e. The Morgan fingerprint density at radius 1 is 1.35 bits per heavy atom. The zero-order valence-corrected chi connectivity index (χ0v) is 13.5. The van der Waals surface area contributed by atoms with Crippen molar-refractivity contribution in [3.8, 4) is 5.75 Å². The van der Waals surface area contributed by atoms with Gasteiger partial charge in [0.05, 0.1) is 12.7 Å². The predicted molar refractivity (Wildman–Crippen MR) is 92.4 cm³/mol. The Bertz CT molecular complexity index is 787. The van der Waals surface area contributed by atoms with Gasteiger partial charge < -0.3 is 15.0 Å². The van der Waals surface area contributed by atoms with E-state index in [2.05, 4.69) is 15.3 Å². The Morgan fingerprint density at radius 3 is 2.96 bits per heavy atom. The number of ether oxygens (including phenoxy) is 1. The van der Waals surface area contributed by atoms with E-state index in [0.717, 1.165) is 28.6 Å². The summed E-state index contributed by atoms with van der Waals surface area (Å²) in [6.45, 7) is 0.567. The average molecular weight is 332 g/mol. The topological polar surface area (TPSA) is 67.0 Å². The van der Waals surface area contributed by atoms with Gasteiger partial charge in [-0.1, -0.05) is 0 Å². The molecule has 23 heavy (non-hydrogen) atoms. The van der Waals surface area contributed by atoms with Crippen LogP contribution in [0.4, 0.5) is 0 Å². The van der Waals surface area contributed by atoms with Crippen LogP contribution in [-0.4, -0.2) is 29.5 Å². The molecule has 1 aromatic carbocycles. The fraction of sp³-hybridized carbons (Fsp3) is 0.176. The molecule has 3 aromatic rings. The van der Waals surface area contributed by atoms with Crippen molar-refractivity contribution in [2.45, 2.75) is 6.42 Å². The molecule has 120 valence electrons. The summed E-state index contributed by atoms with van der Waals surface area (Å²) in [5, 5.41) is 4.03. The van der Waals surface area contributed by atoms with E-state index >= 15 is 0 Å². The number of methoxy groups -OCH3 is 1. The standard InChI is InChI=1S/C17H17N3O2.ClH/c1-22-14-4-5-16-15(9-14)12(11-20-16)6-8-19-17(21)13-3-2-7-18-10-13;/h2-5,7,9-11,20H,6,8H2,1H3,(H,19,21);1H. The van der Waals surface area contributed by atoms with Crippen LogP contribution in [0.25, 0.3) is 10.9 Å². The summed E-state index contributed by atoms with van der Waals surface area (Å²) in [7, 11) is 1.65. The van der Waals surface area contributed by atoms with Crippen molar-refractivity contribution in [2.75, 3.05) is 13.7 Å². The molecule has 2 aromatic heterocycles. The lowest BCUT2D eigenvalue weighted by atomic mass is 10.1. The maximum Gasteiger partial charge on any atom is 0.252 e. The first kappa shape index (κ1) is 16.8. The van der Waals surface area contributed by atoms with E-state index in [1.54, 1.807) is 31.6 Å². The van der Waals surface area contributed by atoms with Gasteiger partial charge in [-0.3, -0.25) is 9.78 Å². The van der Waals surface area contributed by atoms with Crippen LogP contribution in [0.15, 0.2) is 48.9 Å². The summed E-state index contributed by atoms with van der Waals surface area (Å²) < 4.78 is 5.26. The molecular formula is C17H18ClN3O2. The van der Waals surface area contributed by atoms with Gasteiger partial charge in [0.1, 0.15) is 5.75 Å². The molecule has 6 heteroatoms. The lowest BCUT2D eigenvalue weighted by Crippen LogP contribution is -2.25. The van der Waals surface area contributed by atoms with Crippen molar-refractivity contribution >= 4 is 29.2 Å². The van der Waals surface area contributed by atoms with E-state index in [9.17, 15) is 4.79 Å². The Morgan fingerprint density at radius 2 is 2.22 bits per heavy atom. The second-order valence-corrected chi connectivity index (χ2v) is 4.97. The van der Waals surface area contributed by atoms with Gasteiger partial charge in [-0.15, -0.1) is 12.4 Å². The van der Waals surface area contributed by atoms with Gasteiger partial charge in [0.2, 0.25) is 0 Å². The number of H-pyrrole nitrogens is 1. The normalized spacial score (nSPS) is 10.1. The number of pyridine rings is 1. The van der Waals surface area contributed by atoms with Crippen LogP contribution in [0.2, 0.25) is 0 Å². The Hall–Kier alpha value is -2.53. The Labute approximate surface area is 140 Å². The molecule has 0 saturated carbocycles. The molecule has 2 heterocycles. The third kappa shape index (κ3) is 3.81. The molecule has 0 bridgehead atoms. The number of hydrogen-bond donors (Lipinski definition) is 2. The summed E-state index contributed by atoms with van der Waals surface area (Å²) in [5.41, 5.74) is 2.79. The number of carbonyl (C=O) groups is 1. The third-order valence-electron chi connectivity index (χ3n) is 3.58. The number of aromatic nitrogens is 2. The first-order chi connectivity index (χ1) is 10.8. The van der Waals surface area contributed by atoms with Gasteiger partial charge in [-0.05, 0) is 42.3 Å². The highest BCUT2D eigenvalue weighted by Gasteiger charge is 2.07. The zero-order chi connectivity index (χ0) is 15.4. The number of benzene rings is 1. The van der Waals surface area contributed by atoms with E-state index in [-0.39, 0.29) is 18.3 Å². The lowest BCUT2D eigenvalue weighted by Gasteiger charge is -2.05. The van der Waals surface area contributed by atoms with Gasteiger partial charge in [-0.25, -0.2) is 0 Å². The monoisotopic (exact) mass is 331 g/mol. The molecule has 5 nitrogen and oxygen atoms in total. The highest BCUT2D eigenvalue weighted by Crippen LogP contribution is 2.23. The summed E-state index contributed by atoms with van der Waals surface area (Å²) in [6, 6.07) is 9.42. The molecule has 0 radical (unpaired) electrons. The maximum atomic E-state index is 12.0. The highest BCUT2D eigenvalue weighted by atomic mass is 35.5. The van der Waals surface area contributed by atoms with Crippen molar-refractivity contribution in [3.05, 3.63) is 60.0 Å². The zero-order valence-electron chi connectivity index (χ0n) is 12.7. The molecule has 0 aliphatic carbocycles. The number of nitrogens with one attached hydrogen (secondary N) is 2. The van der Waals surface area contributed by atoms with E-state index in [0.29, 0.717) is 12.1 Å². The Kier molecular flexibility index (Phi) is 5.60. The van der Waals surface area contributed by atoms with Crippen LogP contribution < -0.4 is 10.1 Å². The molecule has 0 fully saturated rings. The summed E-state index contributed by atoms with van der Waals surface area (Å²) in [5.74, 6) is 0.721. The smallest absolute Gasteiger partial charge is 0.252 e. The van der Waals surface area contributed by atoms with Gasteiger partial charge in [0, 0.05) is 36.0 Å². The minimum Gasteiger partial charge on any atom is -0.497 e. The quantitative estimate of drug-likeness (QED) is 0.755. The van der Waals surface area contributed by atoms with Crippen molar-refractivity contribution in [1.29, 1.82) is 0 Å². The molecule has 2 N–H and O–H groups in total. The van der Waals surface area contributed by atoms with E-state index in [1.807, 2.05) is 24.4 Å². The van der Waals surface area contributed by atoms with Gasteiger partial charge in [0.15, 0.2) is 0 Å². The van der Waals surface area contributed by atoms with E-state index in [1.165, 1.54) is 0 Å². The molecule has 0 atom stereocenters. The van der Waals surface area contributed by atoms with Gasteiger partial charge >= 0.3 is 0 Å². The van der Waals surface area contributed by atoms with Crippen molar-refractivity contribution in [1.82, 2.24) is 15.3 Å². The number of nitrogens with zero attached hydrogens (tertiary/aromatic N) is 1. The molecule has 0 unspecified atom stereocenters. The molecule has 1 amide bonds. The lowest BCUT2D eigenvalue weighted by molar-refractivity contribution is 0.0954. The second kappa shape index (κ2) is 7.65. The number of aromatic amines is 1. The molecule has 0 saturated heterocycles. The summed E-state index contributed by atoms with van der Waals surface area (Å²) >= 11 is 0. The van der Waals surface area contributed by atoms with Crippen LogP contribution in [0.1, 0.15) is 15.9 Å². The highest BCUT2D eigenvalue weighted by molar-refractivity contribution is 5.93. The Balaban J connectivity index is 0.00000192. The van der Waals surface area contributed by atoms with E-state index in [4.69, 9.17) is 4.74 Å². The summed E-state index contributed by atoms with van der Waals surface area (Å²) in [4.78, 5) is 19.1. The number of rotatable bonds is 5. The van der Waals surface area contributed by atoms with Crippen LogP contribution in [0, 0.1) is 0 Å². The molecule has 0 aliphatic heterocycles. The van der Waals surface area contributed by atoms with Crippen LogP contribution in [-0.2, 0) is 6.42 Å². The first-order valence-electron chi connectivity index (χ1n) is 7.10. The predicted octanol–water partition coefficient (Wildman–Crippen LogP) is 2.97. The minimum absolute atomic E-state index is 0. The fourth-order valence-electron chi connectivity index (χ4n) is 2.40. The molecule has 0 spiro atoms. The molecular weight excluding hydrogens is 314 g/mol. The summed E-state index contributed by atoms with van der Waals surface area (Å²) in [6.07, 6.45) is 5.93. The van der Waals surface area contributed by atoms with Crippen LogP contribution in [0.5, 0.6) is 5.75 Å². The maximum absolute atomic E-state index is 12.0. The fourth-order valence-corrected chi connectivity index (χ4v) is 2.40. The average Bonchev–Trinajstić information content (AvgIpc) is 2.98. The number of hydrogen-bond acceptors (Lipinski definition) is 3. The third-order valence-corrected chi connectivity index (χ3v) is 3.58. The van der Waals surface area contributed by atoms with Crippen LogP contribution >= 0.6 is 12.4 Å². The molecule has 0 aliphatic rings. The first-order valence-corrected chi connectivity index (χ1v) is 7.10.